The van der Waals surface area contributed by atoms with E-state index in [0.717, 1.165) is 0 Å². The van der Waals surface area contributed by atoms with Crippen molar-refractivity contribution in [2.45, 2.75) is 120 Å². The van der Waals surface area contributed by atoms with Crippen LogP contribution in [0.3, 0.4) is 0 Å². The minimum absolute atomic E-state index is 0.0899. The first-order valence-corrected chi connectivity index (χ1v) is 18.5. The molecule has 0 saturated carbocycles. The highest BCUT2D eigenvalue weighted by molar-refractivity contribution is 7.80. The van der Waals surface area contributed by atoms with Gasteiger partial charge in [0.15, 0.2) is 0 Å². The van der Waals surface area contributed by atoms with E-state index in [2.05, 4.69) is 44.5 Å². The first-order valence-electron chi connectivity index (χ1n) is 17.8. The number of carboxylic acids is 1. The zero-order valence-corrected chi connectivity index (χ0v) is 31.1. The second-order valence-electron chi connectivity index (χ2n) is 12.4. The lowest BCUT2D eigenvalue weighted by molar-refractivity contribution is -0.142. The van der Waals surface area contributed by atoms with Crippen LogP contribution < -0.4 is 54.8 Å². The molecular formula is C32H62N10O9S. The van der Waals surface area contributed by atoms with Gasteiger partial charge in [-0.1, -0.05) is 0 Å². The summed E-state index contributed by atoms with van der Waals surface area (Å²) >= 11 is 4.04. The van der Waals surface area contributed by atoms with Crippen LogP contribution in [0.5, 0.6) is 0 Å². The number of hydrogen-bond donors (Lipinski definition) is 13. The Morgan fingerprint density at radius 2 is 0.769 bits per heavy atom. The van der Waals surface area contributed by atoms with Gasteiger partial charge in [0.05, 0.1) is 6.61 Å². The molecule has 6 atom stereocenters. The van der Waals surface area contributed by atoms with Crippen LogP contribution in [0.15, 0.2) is 0 Å². The van der Waals surface area contributed by atoms with Crippen LogP contribution >= 0.6 is 12.6 Å². The summed E-state index contributed by atoms with van der Waals surface area (Å²) in [6, 6.07) is -7.33. The third kappa shape index (κ3) is 20.5. The number of aliphatic hydroxyl groups excluding tert-OH is 1. The van der Waals surface area contributed by atoms with Gasteiger partial charge in [-0.25, -0.2) is 4.79 Å². The highest BCUT2D eigenvalue weighted by Crippen LogP contribution is 2.09. The Morgan fingerprint density at radius 3 is 1.06 bits per heavy atom. The summed E-state index contributed by atoms with van der Waals surface area (Å²) in [5, 5.41) is 34.6. The maximum atomic E-state index is 13.7. The summed E-state index contributed by atoms with van der Waals surface area (Å²) in [4.78, 5) is 89.8. The van der Waals surface area contributed by atoms with Gasteiger partial charge in [-0.05, 0) is 103 Å². The lowest BCUT2D eigenvalue weighted by atomic mass is 10.0. The van der Waals surface area contributed by atoms with E-state index in [0.29, 0.717) is 77.5 Å². The number of rotatable bonds is 30. The number of hydrogen-bond acceptors (Lipinski definition) is 13. The van der Waals surface area contributed by atoms with Gasteiger partial charge in [-0.2, -0.15) is 12.6 Å². The molecule has 0 aromatic rings. The molecule has 0 fully saturated rings. The second kappa shape index (κ2) is 29.0. The number of nitrogens with one attached hydrogen (secondary N) is 6. The Kier molecular flexibility index (Phi) is 27.0. The number of aliphatic carboxylic acids is 1. The van der Waals surface area contributed by atoms with E-state index in [9.17, 15) is 43.8 Å². The van der Waals surface area contributed by atoms with E-state index >= 15 is 0 Å². The van der Waals surface area contributed by atoms with Crippen LogP contribution in [0.25, 0.3) is 0 Å². The molecule has 20 heteroatoms. The van der Waals surface area contributed by atoms with Crippen LogP contribution in [0.4, 0.5) is 0 Å². The van der Waals surface area contributed by atoms with Crippen LogP contribution in [0.2, 0.25) is 0 Å². The van der Waals surface area contributed by atoms with E-state index in [4.69, 9.17) is 22.9 Å². The number of amides is 6. The molecule has 52 heavy (non-hydrogen) atoms. The van der Waals surface area contributed by atoms with E-state index < -0.39 is 84.3 Å². The number of carbonyl (C=O) groups is 7. The Bertz CT molecular complexity index is 1120. The Balaban J connectivity index is 6.12. The fraction of sp³-hybridized carbons (Fsp3) is 0.781. The summed E-state index contributed by atoms with van der Waals surface area (Å²) in [5.41, 5.74) is 22.4. The van der Waals surface area contributed by atoms with Gasteiger partial charge in [-0.15, -0.1) is 0 Å². The van der Waals surface area contributed by atoms with Crippen molar-refractivity contribution in [1.29, 1.82) is 0 Å². The van der Waals surface area contributed by atoms with Gasteiger partial charge in [0.25, 0.3) is 0 Å². The maximum absolute atomic E-state index is 13.7. The molecule has 6 amide bonds. The molecular weight excluding hydrogens is 700 g/mol. The largest absolute Gasteiger partial charge is 0.480 e. The lowest BCUT2D eigenvalue weighted by Crippen LogP contribution is -2.60. The monoisotopic (exact) mass is 762 g/mol. The number of nitrogens with two attached hydrogens (primary N) is 4. The van der Waals surface area contributed by atoms with Gasteiger partial charge < -0.3 is 65.0 Å². The second-order valence-corrected chi connectivity index (χ2v) is 12.8. The molecule has 0 aliphatic carbocycles. The minimum atomic E-state index is -1.49. The summed E-state index contributed by atoms with van der Waals surface area (Å²) < 4.78 is 0. The molecule has 0 heterocycles. The van der Waals surface area contributed by atoms with Gasteiger partial charge in [0.2, 0.25) is 35.4 Å². The van der Waals surface area contributed by atoms with Crippen LogP contribution in [-0.2, 0) is 33.6 Å². The number of thiol groups is 1. The van der Waals surface area contributed by atoms with E-state index in [1.54, 1.807) is 0 Å². The molecule has 19 nitrogen and oxygen atoms in total. The summed E-state index contributed by atoms with van der Waals surface area (Å²) in [7, 11) is 0. The molecule has 0 bridgehead atoms. The van der Waals surface area contributed by atoms with Crippen molar-refractivity contribution >= 4 is 54.0 Å². The smallest absolute Gasteiger partial charge is 0.326 e. The fourth-order valence-electron chi connectivity index (χ4n) is 5.03. The molecule has 0 aromatic heterocycles. The summed E-state index contributed by atoms with van der Waals surface area (Å²) in [6.07, 6.45) is 4.37. The Morgan fingerprint density at radius 1 is 0.481 bits per heavy atom. The molecule has 0 aliphatic rings. The van der Waals surface area contributed by atoms with Crippen molar-refractivity contribution in [2.75, 3.05) is 38.5 Å². The van der Waals surface area contributed by atoms with E-state index in [1.807, 2.05) is 0 Å². The minimum Gasteiger partial charge on any atom is -0.480 e. The Labute approximate surface area is 311 Å². The molecule has 0 aromatic carbocycles. The van der Waals surface area contributed by atoms with Gasteiger partial charge in [0.1, 0.15) is 36.3 Å². The van der Waals surface area contributed by atoms with Crippen molar-refractivity contribution in [2.24, 2.45) is 22.9 Å². The topological polar surface area (TPSA) is 336 Å². The molecule has 16 N–H and O–H groups in total. The van der Waals surface area contributed by atoms with Crippen molar-refractivity contribution in [3.8, 4) is 0 Å². The lowest BCUT2D eigenvalue weighted by Gasteiger charge is -2.27. The van der Waals surface area contributed by atoms with E-state index in [1.165, 1.54) is 6.92 Å². The van der Waals surface area contributed by atoms with Crippen LogP contribution in [0.1, 0.15) is 84.0 Å². The number of unbranched alkanes of at least 4 members (excludes halogenated alkanes) is 4. The summed E-state index contributed by atoms with van der Waals surface area (Å²) in [6.45, 7) is 1.68. The van der Waals surface area contributed by atoms with Crippen molar-refractivity contribution in [1.82, 2.24) is 31.9 Å². The predicted molar refractivity (Wildman–Crippen MR) is 197 cm³/mol. The van der Waals surface area contributed by atoms with Crippen molar-refractivity contribution in [3.63, 3.8) is 0 Å². The molecule has 300 valence electrons. The van der Waals surface area contributed by atoms with Gasteiger partial charge >= 0.3 is 5.97 Å². The third-order valence-corrected chi connectivity index (χ3v) is 8.36. The number of carboxylic acid groups (broad SMARTS) is 1. The standard InChI is InChI=1S/C32H62N10O9S/c1-20(44)37-26(19-52)31(49)42-25(18-43)30(48)40-22(11-3-7-15-34)28(46)38-21(10-2-6-14-33)27(45)39-23(12-4-8-16-35)29(47)41-24(32(50)51)13-5-9-17-36/h21-26,43,52H,2-19,33-36H2,1H3,(H,37,44)(H,38,46)(H,39,45)(H,40,48)(H,41,47)(H,42,49)(H,50,51)/t21-,22-,23-,24-,25-,26-/m0/s1. The average molecular weight is 763 g/mol. The SMILES string of the molecule is CC(=O)N[C@@H](CS)C(=O)N[C@@H](CO)C(=O)N[C@@H](CCCCN)C(=O)N[C@@H](CCCCN)C(=O)N[C@@H](CCCCN)C(=O)N[C@@H](CCCCN)C(=O)O. The average Bonchev–Trinajstić information content (AvgIpc) is 3.10. The number of carbonyl (C=O) groups excluding carboxylic acids is 6. The van der Waals surface area contributed by atoms with Crippen molar-refractivity contribution < 1.29 is 43.8 Å². The molecule has 0 saturated heterocycles. The van der Waals surface area contributed by atoms with Gasteiger partial charge in [-0.3, -0.25) is 28.8 Å². The molecule has 0 unspecified atom stereocenters. The fourth-order valence-corrected chi connectivity index (χ4v) is 5.29. The zero-order chi connectivity index (χ0) is 39.5. The molecule has 0 aliphatic heterocycles. The van der Waals surface area contributed by atoms with Gasteiger partial charge in [0, 0.05) is 12.7 Å². The summed E-state index contributed by atoms with van der Waals surface area (Å²) in [5.74, 6) is -5.68. The highest BCUT2D eigenvalue weighted by Gasteiger charge is 2.32. The maximum Gasteiger partial charge on any atom is 0.326 e. The normalized spacial score (nSPS) is 14.4. The molecule has 0 radical (unpaired) electrons. The molecule has 0 rings (SSSR count). The van der Waals surface area contributed by atoms with Crippen LogP contribution in [-0.4, -0.2) is 126 Å². The quantitative estimate of drug-likeness (QED) is 0.0249. The van der Waals surface area contributed by atoms with Crippen molar-refractivity contribution in [3.05, 3.63) is 0 Å². The predicted octanol–water partition coefficient (Wildman–Crippen LogP) is -3.56. The highest BCUT2D eigenvalue weighted by atomic mass is 32.1. The van der Waals surface area contributed by atoms with E-state index in [-0.39, 0.29) is 31.4 Å². The molecule has 0 spiro atoms. The Hall–Kier alpha value is -3.56. The van der Waals surface area contributed by atoms with Crippen LogP contribution in [0, 0.1) is 0 Å². The number of aliphatic hydroxyl groups is 1. The first-order chi connectivity index (χ1) is 24.8. The zero-order valence-electron chi connectivity index (χ0n) is 30.2. The first kappa shape index (κ1) is 48.4. The third-order valence-electron chi connectivity index (χ3n) is 7.99.